The second-order valence-electron chi connectivity index (χ2n) is 5.14. The van der Waals surface area contributed by atoms with E-state index in [1.54, 1.807) is 19.1 Å². The third-order valence-electron chi connectivity index (χ3n) is 3.44. The van der Waals surface area contributed by atoms with Crippen LogP contribution in [0.2, 0.25) is 0 Å². The topological polar surface area (TPSA) is 0 Å². The number of benzene rings is 2. The van der Waals surface area contributed by atoms with Gasteiger partial charge in [0.1, 0.15) is 23.0 Å². The molecule has 3 rings (SSSR count). The third-order valence-corrected chi connectivity index (χ3v) is 6.06. The molecule has 0 atom stereocenters. The van der Waals surface area contributed by atoms with E-state index in [0.29, 0.717) is 4.20 Å². The monoisotopic (exact) mass is 339 g/mol. The average Bonchev–Trinajstić information content (AvgIpc) is 2.47. The van der Waals surface area contributed by atoms with Crippen molar-refractivity contribution in [1.82, 2.24) is 0 Å². The summed E-state index contributed by atoms with van der Waals surface area (Å²) in [6, 6.07) is 7.07. The lowest BCUT2D eigenvalue weighted by Gasteiger charge is -2.09. The standard InChI is InChI=1S/C17H14F3S2/c1-10-3-4-12(13(18)7-10)11-8-14(19)16(15(20)9-11)17-21-5-2-6-22-17/h3-4,7-9H,2,5-6H2,1H3/q+1. The van der Waals surface area contributed by atoms with Crippen LogP contribution in [0.4, 0.5) is 13.2 Å². The molecule has 114 valence electrons. The minimum Gasteiger partial charge on any atom is -0.206 e. The van der Waals surface area contributed by atoms with Gasteiger partial charge in [-0.25, -0.2) is 13.2 Å². The third kappa shape index (κ3) is 3.06. The summed E-state index contributed by atoms with van der Waals surface area (Å²) in [5.41, 5.74) is 1.22. The Kier molecular flexibility index (Phi) is 4.54. The Labute approximate surface area is 135 Å². The summed E-state index contributed by atoms with van der Waals surface area (Å²) in [6.45, 7) is 1.77. The highest BCUT2D eigenvalue weighted by Gasteiger charge is 2.27. The van der Waals surface area contributed by atoms with E-state index in [4.69, 9.17) is 0 Å². The highest BCUT2D eigenvalue weighted by Crippen LogP contribution is 2.30. The molecule has 1 aliphatic rings. The van der Waals surface area contributed by atoms with E-state index < -0.39 is 17.5 Å². The zero-order valence-electron chi connectivity index (χ0n) is 12.0. The van der Waals surface area contributed by atoms with E-state index in [1.807, 2.05) is 0 Å². The number of hydrogen-bond donors (Lipinski definition) is 0. The van der Waals surface area contributed by atoms with Gasteiger partial charge in [0, 0.05) is 17.7 Å². The molecule has 1 aliphatic heterocycles. The lowest BCUT2D eigenvalue weighted by molar-refractivity contribution is 0.580. The number of hydrogen-bond acceptors (Lipinski definition) is 1. The van der Waals surface area contributed by atoms with Crippen LogP contribution in [0.25, 0.3) is 11.1 Å². The highest BCUT2D eigenvalue weighted by molar-refractivity contribution is 8.23. The number of aryl methyl sites for hydroxylation is 1. The predicted molar refractivity (Wildman–Crippen MR) is 89.9 cm³/mol. The normalized spacial score (nSPS) is 14.8. The molecule has 2 aromatic rings. The molecule has 0 N–H and O–H groups in total. The molecule has 0 aromatic heterocycles. The van der Waals surface area contributed by atoms with E-state index >= 15 is 0 Å². The van der Waals surface area contributed by atoms with Crippen LogP contribution in [0.15, 0.2) is 30.3 Å². The van der Waals surface area contributed by atoms with Crippen molar-refractivity contribution in [1.29, 1.82) is 0 Å². The second-order valence-corrected chi connectivity index (χ2v) is 7.60. The van der Waals surface area contributed by atoms with Crippen molar-refractivity contribution in [3.8, 4) is 11.1 Å². The Hall–Kier alpha value is -1.33. The van der Waals surface area contributed by atoms with Crippen LogP contribution < -0.4 is 0 Å². The Morgan fingerprint density at radius 1 is 1.00 bits per heavy atom. The molecule has 0 nitrogen and oxygen atoms in total. The van der Waals surface area contributed by atoms with Crippen LogP contribution in [-0.2, 0) is 11.4 Å². The molecule has 0 bridgehead atoms. The molecule has 22 heavy (non-hydrogen) atoms. The molecule has 2 aromatic carbocycles. The van der Waals surface area contributed by atoms with Crippen molar-refractivity contribution in [2.24, 2.45) is 0 Å². The molecule has 0 aliphatic carbocycles. The van der Waals surface area contributed by atoms with Crippen LogP contribution >= 0.6 is 11.8 Å². The first-order chi connectivity index (χ1) is 10.6. The summed E-state index contributed by atoms with van der Waals surface area (Å²) in [5, 5.41) is 0. The van der Waals surface area contributed by atoms with E-state index in [0.717, 1.165) is 23.5 Å². The zero-order valence-corrected chi connectivity index (χ0v) is 13.6. The van der Waals surface area contributed by atoms with E-state index in [9.17, 15) is 13.2 Å². The summed E-state index contributed by atoms with van der Waals surface area (Å²) >= 11 is 2.95. The first kappa shape index (κ1) is 15.6. The van der Waals surface area contributed by atoms with Crippen LogP contribution in [0.3, 0.4) is 0 Å². The Morgan fingerprint density at radius 3 is 2.32 bits per heavy atom. The van der Waals surface area contributed by atoms with Gasteiger partial charge in [0.25, 0.3) is 4.20 Å². The fourth-order valence-electron chi connectivity index (χ4n) is 2.35. The van der Waals surface area contributed by atoms with Crippen molar-refractivity contribution >= 4 is 27.3 Å². The van der Waals surface area contributed by atoms with Crippen molar-refractivity contribution < 1.29 is 13.2 Å². The minimum absolute atomic E-state index is 0.0194. The van der Waals surface area contributed by atoms with Gasteiger partial charge in [-0.15, -0.1) is 0 Å². The molecule has 0 radical (unpaired) electrons. The predicted octanol–water partition coefficient (Wildman–Crippen LogP) is 4.78. The van der Waals surface area contributed by atoms with Crippen molar-refractivity contribution in [3.63, 3.8) is 0 Å². The van der Waals surface area contributed by atoms with Gasteiger partial charge in [0.05, 0.1) is 0 Å². The van der Waals surface area contributed by atoms with Crippen molar-refractivity contribution in [2.45, 2.75) is 13.3 Å². The molecule has 5 heteroatoms. The van der Waals surface area contributed by atoms with E-state index in [-0.39, 0.29) is 16.7 Å². The van der Waals surface area contributed by atoms with Gasteiger partial charge >= 0.3 is 0 Å². The fraction of sp³-hybridized carbons (Fsp3) is 0.235. The van der Waals surface area contributed by atoms with Gasteiger partial charge in [0.15, 0.2) is 17.1 Å². The Morgan fingerprint density at radius 2 is 1.73 bits per heavy atom. The van der Waals surface area contributed by atoms with Gasteiger partial charge in [-0.2, -0.15) is 0 Å². The Balaban J connectivity index is 2.07. The molecule has 0 fully saturated rings. The lowest BCUT2D eigenvalue weighted by Crippen LogP contribution is -2.11. The quantitative estimate of drug-likeness (QED) is 0.561. The summed E-state index contributed by atoms with van der Waals surface area (Å²) in [6.07, 6.45) is 1.04. The number of thioether (sulfide) groups is 1. The molecule has 0 unspecified atom stereocenters. The smallest absolute Gasteiger partial charge is 0.206 e. The lowest BCUT2D eigenvalue weighted by atomic mass is 10.0. The Bertz CT molecular complexity index is 731. The molecule has 0 spiro atoms. The average molecular weight is 339 g/mol. The van der Waals surface area contributed by atoms with Crippen molar-refractivity contribution in [2.75, 3.05) is 11.5 Å². The number of halogens is 3. The van der Waals surface area contributed by atoms with Gasteiger partial charge in [0.2, 0.25) is 0 Å². The van der Waals surface area contributed by atoms with Crippen LogP contribution in [-0.4, -0.2) is 15.7 Å². The largest absolute Gasteiger partial charge is 0.270 e. The SMILES string of the molecule is Cc1ccc(-c2cc(F)c(C3=[S+]CCCS3)c(F)c2)c(F)c1. The van der Waals surface area contributed by atoms with Gasteiger partial charge < -0.3 is 0 Å². The molecule has 0 amide bonds. The van der Waals surface area contributed by atoms with E-state index in [1.165, 1.54) is 41.3 Å². The molecule has 1 heterocycles. The van der Waals surface area contributed by atoms with Crippen LogP contribution in [0.1, 0.15) is 17.5 Å². The second kappa shape index (κ2) is 6.42. The first-order valence-electron chi connectivity index (χ1n) is 6.95. The zero-order chi connectivity index (χ0) is 15.7. The maximum absolute atomic E-state index is 14.4. The van der Waals surface area contributed by atoms with Gasteiger partial charge in [-0.1, -0.05) is 23.9 Å². The summed E-state index contributed by atoms with van der Waals surface area (Å²) in [5.74, 6) is 0.00449. The fourth-order valence-corrected chi connectivity index (χ4v) is 5.00. The summed E-state index contributed by atoms with van der Waals surface area (Å²) in [7, 11) is 0. The molecular weight excluding hydrogens is 325 g/mol. The van der Waals surface area contributed by atoms with Crippen LogP contribution in [0.5, 0.6) is 0 Å². The minimum atomic E-state index is -0.633. The summed E-state index contributed by atoms with van der Waals surface area (Å²) < 4.78 is 43.4. The highest BCUT2D eigenvalue weighted by atomic mass is 32.2. The summed E-state index contributed by atoms with van der Waals surface area (Å²) in [4.78, 5) is 0. The van der Waals surface area contributed by atoms with Gasteiger partial charge in [-0.3, -0.25) is 0 Å². The van der Waals surface area contributed by atoms with Gasteiger partial charge in [-0.05, 0) is 36.2 Å². The number of rotatable bonds is 2. The first-order valence-corrected chi connectivity index (χ1v) is 8.92. The molecular formula is C17H14F3S2+. The van der Waals surface area contributed by atoms with Crippen molar-refractivity contribution in [3.05, 3.63) is 58.9 Å². The molecule has 0 saturated heterocycles. The maximum Gasteiger partial charge on any atom is 0.270 e. The van der Waals surface area contributed by atoms with Crippen LogP contribution in [0, 0.1) is 24.4 Å². The van der Waals surface area contributed by atoms with E-state index in [2.05, 4.69) is 0 Å². The molecule has 0 saturated carbocycles. The maximum atomic E-state index is 14.4.